The minimum Gasteiger partial charge on any atom is -0.460 e. The van der Waals surface area contributed by atoms with Gasteiger partial charge < -0.3 is 4.42 Å². The smallest absolute Gasteiger partial charge is 0.130 e. The summed E-state index contributed by atoms with van der Waals surface area (Å²) in [4.78, 5) is 0. The predicted molar refractivity (Wildman–Crippen MR) is 129 cm³/mol. The molecular weight excluding hydrogens is 378 g/mol. The highest BCUT2D eigenvalue weighted by atomic mass is 16.3. The fourth-order valence-electron chi connectivity index (χ4n) is 5.04. The maximum Gasteiger partial charge on any atom is 0.130 e. The van der Waals surface area contributed by atoms with Crippen molar-refractivity contribution in [1.29, 1.82) is 5.41 Å². The molecule has 2 aromatic carbocycles. The molecule has 31 heavy (non-hydrogen) atoms. The third-order valence-corrected chi connectivity index (χ3v) is 6.88. The van der Waals surface area contributed by atoms with Crippen molar-refractivity contribution >= 4 is 17.9 Å². The fraction of sp³-hybridized carbons (Fsp3) is 0.276. The van der Waals surface area contributed by atoms with Crippen LogP contribution in [0.1, 0.15) is 84.4 Å². The van der Waals surface area contributed by atoms with Gasteiger partial charge in [0.2, 0.25) is 0 Å². The molecule has 0 aliphatic heterocycles. The van der Waals surface area contributed by atoms with Gasteiger partial charge in [0.1, 0.15) is 11.5 Å². The molecule has 1 aromatic heterocycles. The van der Waals surface area contributed by atoms with E-state index in [9.17, 15) is 0 Å². The molecular formula is C29H29NO. The van der Waals surface area contributed by atoms with Crippen molar-refractivity contribution in [3.05, 3.63) is 106 Å². The number of nitrogens with one attached hydrogen (secondary N) is 1. The van der Waals surface area contributed by atoms with Gasteiger partial charge in [-0.2, -0.15) is 0 Å². The van der Waals surface area contributed by atoms with E-state index in [4.69, 9.17) is 9.83 Å². The van der Waals surface area contributed by atoms with Crippen LogP contribution in [-0.2, 0) is 11.8 Å². The summed E-state index contributed by atoms with van der Waals surface area (Å²) < 4.78 is 6.41. The molecule has 0 saturated carbocycles. The van der Waals surface area contributed by atoms with Gasteiger partial charge in [0.05, 0.1) is 11.1 Å². The van der Waals surface area contributed by atoms with Crippen molar-refractivity contribution in [3.63, 3.8) is 0 Å². The van der Waals surface area contributed by atoms with Crippen molar-refractivity contribution in [3.8, 4) is 0 Å². The lowest BCUT2D eigenvalue weighted by atomic mass is 9.72. The Hall–Kier alpha value is -3.13. The van der Waals surface area contributed by atoms with Crippen molar-refractivity contribution in [1.82, 2.24) is 0 Å². The molecule has 2 aliphatic rings. The lowest BCUT2D eigenvalue weighted by Gasteiger charge is -2.30. The highest BCUT2D eigenvalue weighted by molar-refractivity contribution is 6.11. The van der Waals surface area contributed by atoms with Gasteiger partial charge in [-0.15, -0.1) is 0 Å². The van der Waals surface area contributed by atoms with Crippen LogP contribution >= 0.6 is 0 Å². The Morgan fingerprint density at radius 2 is 1.77 bits per heavy atom. The van der Waals surface area contributed by atoms with E-state index in [1.807, 2.05) is 6.07 Å². The molecule has 156 valence electrons. The Morgan fingerprint density at radius 3 is 2.55 bits per heavy atom. The maximum absolute atomic E-state index is 8.84. The van der Waals surface area contributed by atoms with E-state index >= 15 is 0 Å². The fourth-order valence-corrected chi connectivity index (χ4v) is 5.04. The van der Waals surface area contributed by atoms with Gasteiger partial charge in [-0.3, -0.25) is 5.41 Å². The summed E-state index contributed by atoms with van der Waals surface area (Å²) in [5.74, 6) is 2.50. The van der Waals surface area contributed by atoms with E-state index in [1.54, 1.807) is 0 Å². The van der Waals surface area contributed by atoms with Gasteiger partial charge in [0.25, 0.3) is 0 Å². The van der Waals surface area contributed by atoms with Crippen LogP contribution in [0.15, 0.2) is 65.1 Å². The summed E-state index contributed by atoms with van der Waals surface area (Å²) in [7, 11) is 0. The molecule has 2 heteroatoms. The van der Waals surface area contributed by atoms with Crippen LogP contribution < -0.4 is 0 Å². The number of fused-ring (bicyclic) bond motifs is 3. The molecule has 1 N–H and O–H groups in total. The quantitative estimate of drug-likeness (QED) is 0.447. The molecule has 0 spiro atoms. The second-order valence-corrected chi connectivity index (χ2v) is 9.26. The molecule has 0 radical (unpaired) electrons. The van der Waals surface area contributed by atoms with Gasteiger partial charge in [0.15, 0.2) is 0 Å². The van der Waals surface area contributed by atoms with Crippen molar-refractivity contribution in [2.45, 2.75) is 51.4 Å². The highest BCUT2D eigenvalue weighted by Crippen LogP contribution is 2.45. The molecule has 3 aromatic rings. The van der Waals surface area contributed by atoms with Crippen LogP contribution in [0.3, 0.4) is 0 Å². The van der Waals surface area contributed by atoms with Crippen molar-refractivity contribution in [2.24, 2.45) is 0 Å². The maximum atomic E-state index is 8.84. The number of hydrogen-bond donors (Lipinski definition) is 1. The topological polar surface area (TPSA) is 37.0 Å². The Morgan fingerprint density at radius 1 is 1.00 bits per heavy atom. The molecule has 5 rings (SSSR count). The monoisotopic (exact) mass is 407 g/mol. The summed E-state index contributed by atoms with van der Waals surface area (Å²) >= 11 is 0. The van der Waals surface area contributed by atoms with E-state index in [2.05, 4.69) is 87.5 Å². The van der Waals surface area contributed by atoms with Crippen LogP contribution in [0, 0.1) is 5.41 Å². The van der Waals surface area contributed by atoms with Gasteiger partial charge in [-0.25, -0.2) is 0 Å². The second-order valence-electron chi connectivity index (χ2n) is 9.26. The minimum atomic E-state index is -0.189. The summed E-state index contributed by atoms with van der Waals surface area (Å²) in [5.41, 5.74) is 7.45. The summed E-state index contributed by atoms with van der Waals surface area (Å²) in [6.07, 6.45) is 11.9. The molecule has 0 saturated heterocycles. The van der Waals surface area contributed by atoms with E-state index in [1.165, 1.54) is 22.3 Å². The highest BCUT2D eigenvalue weighted by Gasteiger charge is 2.37. The Balaban J connectivity index is 1.51. The van der Waals surface area contributed by atoms with Gasteiger partial charge >= 0.3 is 0 Å². The minimum absolute atomic E-state index is 0.189. The molecule has 1 atom stereocenters. The third-order valence-electron chi connectivity index (χ3n) is 6.88. The van der Waals surface area contributed by atoms with E-state index in [0.29, 0.717) is 11.6 Å². The Kier molecular flexibility index (Phi) is 4.81. The second kappa shape index (κ2) is 7.53. The lowest BCUT2D eigenvalue weighted by Crippen LogP contribution is -2.25. The van der Waals surface area contributed by atoms with Crippen molar-refractivity contribution in [2.75, 3.05) is 0 Å². The lowest BCUT2D eigenvalue weighted by molar-refractivity contribution is 0.401. The molecule has 1 unspecified atom stereocenters. The van der Waals surface area contributed by atoms with E-state index < -0.39 is 0 Å². The molecule has 0 bridgehead atoms. The number of benzene rings is 2. The summed E-state index contributed by atoms with van der Waals surface area (Å²) in [6, 6.07) is 16.8. The first-order valence-electron chi connectivity index (χ1n) is 11.3. The van der Waals surface area contributed by atoms with Crippen molar-refractivity contribution < 1.29 is 4.42 Å². The van der Waals surface area contributed by atoms with Crippen LogP contribution in [0.5, 0.6) is 0 Å². The van der Waals surface area contributed by atoms with Crippen LogP contribution in [0.2, 0.25) is 0 Å². The molecule has 2 nitrogen and oxygen atoms in total. The first kappa shape index (κ1) is 19.8. The number of rotatable bonds is 4. The number of hydrogen-bond acceptors (Lipinski definition) is 2. The zero-order valence-electron chi connectivity index (χ0n) is 18.5. The van der Waals surface area contributed by atoms with Crippen LogP contribution in [0.4, 0.5) is 0 Å². The number of furan rings is 1. The first-order chi connectivity index (χ1) is 15.0. The Bertz CT molecular complexity index is 1210. The van der Waals surface area contributed by atoms with Gasteiger partial charge in [-0.05, 0) is 49.3 Å². The molecule has 2 aliphatic carbocycles. The first-order valence-corrected chi connectivity index (χ1v) is 11.3. The molecule has 1 heterocycles. The summed E-state index contributed by atoms with van der Waals surface area (Å²) in [6.45, 7) is 6.65. The van der Waals surface area contributed by atoms with Gasteiger partial charge in [-0.1, -0.05) is 80.6 Å². The molecule has 0 fully saturated rings. The van der Waals surface area contributed by atoms with Crippen LogP contribution in [0.25, 0.3) is 12.2 Å². The van der Waals surface area contributed by atoms with E-state index in [0.717, 1.165) is 41.9 Å². The standard InChI is InChI=1S/C29H29NO/c1-19(2)22-9-4-5-11-24(22)27(30)20-14-16-21(17-15-20)29(3)18-8-12-25-23-10-6-7-13-26(23)31-28(25)29/h4-5,7-9,11-17,19,30H,6,10,18H2,1-3H3. The van der Waals surface area contributed by atoms with E-state index in [-0.39, 0.29) is 5.41 Å². The third kappa shape index (κ3) is 3.22. The Labute approximate surface area is 184 Å². The largest absolute Gasteiger partial charge is 0.460 e. The normalized spacial score (nSPS) is 19.4. The zero-order chi connectivity index (χ0) is 21.6. The summed E-state index contributed by atoms with van der Waals surface area (Å²) in [5, 5.41) is 8.84. The van der Waals surface area contributed by atoms with Gasteiger partial charge in [0, 0.05) is 22.3 Å². The average Bonchev–Trinajstić information content (AvgIpc) is 3.19. The molecule has 0 amide bonds. The SMILES string of the molecule is CC(C)c1ccccc1C(=N)c1ccc(C2(C)CC=Cc3c2oc2c3CCC=C2)cc1. The van der Waals surface area contributed by atoms with Crippen LogP contribution in [-0.4, -0.2) is 5.71 Å². The zero-order valence-corrected chi connectivity index (χ0v) is 18.5. The average molecular weight is 408 g/mol. The number of allylic oxidation sites excluding steroid dienone is 2. The predicted octanol–water partition coefficient (Wildman–Crippen LogP) is 7.50.